The van der Waals surface area contributed by atoms with E-state index in [0.29, 0.717) is 37.7 Å². The molecule has 3 fully saturated rings. The molecule has 3 atom stereocenters. The minimum Gasteiger partial charge on any atom is -0.493 e. The smallest absolute Gasteiger partial charge is 0.234 e. The van der Waals surface area contributed by atoms with Gasteiger partial charge in [-0.05, 0) is 42.6 Å². The molecule has 0 bridgehead atoms. The van der Waals surface area contributed by atoms with Gasteiger partial charge in [-0.3, -0.25) is 14.6 Å². The molecule has 1 aromatic carbocycles. The van der Waals surface area contributed by atoms with E-state index in [9.17, 15) is 9.90 Å². The number of nitrogens with one attached hydrogen (secondary N) is 2. The molecule has 4 rings (SSSR count). The summed E-state index contributed by atoms with van der Waals surface area (Å²) < 4.78 is 11.4. The van der Waals surface area contributed by atoms with E-state index in [1.807, 2.05) is 18.2 Å². The summed E-state index contributed by atoms with van der Waals surface area (Å²) in [7, 11) is 1.62. The van der Waals surface area contributed by atoms with Crippen molar-refractivity contribution in [1.82, 2.24) is 20.4 Å². The Labute approximate surface area is 172 Å². The summed E-state index contributed by atoms with van der Waals surface area (Å²) in [6, 6.07) is 5.82. The second kappa shape index (κ2) is 9.30. The summed E-state index contributed by atoms with van der Waals surface area (Å²) in [5, 5.41) is 16.7. The van der Waals surface area contributed by atoms with Crippen LogP contribution in [0.5, 0.6) is 11.5 Å². The van der Waals surface area contributed by atoms with Gasteiger partial charge in [-0.2, -0.15) is 0 Å². The molecule has 3 saturated heterocycles. The third-order valence-electron chi connectivity index (χ3n) is 6.12. The summed E-state index contributed by atoms with van der Waals surface area (Å²) in [6.45, 7) is 7.83. The molecule has 160 valence electrons. The number of nitrogens with zero attached hydrogens (tertiary/aromatic N) is 2. The number of rotatable bonds is 8. The highest BCUT2D eigenvalue weighted by molar-refractivity contribution is 5.78. The van der Waals surface area contributed by atoms with Gasteiger partial charge in [0.05, 0.1) is 13.7 Å². The molecular formula is C21H32N4O4. The number of aliphatic hydroxyl groups is 1. The average Bonchev–Trinajstić information content (AvgIpc) is 3.28. The van der Waals surface area contributed by atoms with Crippen LogP contribution in [0.3, 0.4) is 0 Å². The number of piperazine rings is 1. The van der Waals surface area contributed by atoms with E-state index in [4.69, 9.17) is 9.47 Å². The van der Waals surface area contributed by atoms with Gasteiger partial charge in [0.15, 0.2) is 11.5 Å². The van der Waals surface area contributed by atoms with Gasteiger partial charge in [-0.1, -0.05) is 6.07 Å². The zero-order chi connectivity index (χ0) is 20.2. The van der Waals surface area contributed by atoms with Crippen LogP contribution < -0.4 is 20.1 Å². The van der Waals surface area contributed by atoms with Gasteiger partial charge in [-0.25, -0.2) is 0 Å². The van der Waals surface area contributed by atoms with Gasteiger partial charge in [0.25, 0.3) is 0 Å². The lowest BCUT2D eigenvalue weighted by Crippen LogP contribution is -2.47. The van der Waals surface area contributed by atoms with Gasteiger partial charge >= 0.3 is 0 Å². The van der Waals surface area contributed by atoms with Crippen molar-refractivity contribution in [2.24, 2.45) is 11.8 Å². The second-order valence-electron chi connectivity index (χ2n) is 8.41. The van der Waals surface area contributed by atoms with E-state index in [1.165, 1.54) is 0 Å². The molecule has 8 heteroatoms. The first-order valence-corrected chi connectivity index (χ1v) is 10.5. The Morgan fingerprint density at radius 1 is 1.21 bits per heavy atom. The number of hydrogen-bond acceptors (Lipinski definition) is 7. The molecule has 0 saturated carbocycles. The number of ether oxygens (including phenoxy) is 2. The number of methoxy groups -OCH3 is 1. The molecule has 0 aromatic heterocycles. The van der Waals surface area contributed by atoms with Crippen molar-refractivity contribution < 1.29 is 19.4 Å². The van der Waals surface area contributed by atoms with E-state index < -0.39 is 6.10 Å². The van der Waals surface area contributed by atoms with Crippen LogP contribution in [0, 0.1) is 11.8 Å². The number of amides is 1. The van der Waals surface area contributed by atoms with Crippen molar-refractivity contribution in [3.63, 3.8) is 0 Å². The fourth-order valence-corrected chi connectivity index (χ4v) is 4.65. The van der Waals surface area contributed by atoms with Gasteiger partial charge in [-0.15, -0.1) is 0 Å². The zero-order valence-corrected chi connectivity index (χ0v) is 17.1. The Balaban J connectivity index is 1.27. The van der Waals surface area contributed by atoms with Crippen LogP contribution in [0.1, 0.15) is 5.56 Å². The average molecular weight is 405 g/mol. The van der Waals surface area contributed by atoms with Crippen molar-refractivity contribution in [2.75, 3.05) is 66.1 Å². The van der Waals surface area contributed by atoms with E-state index in [0.717, 1.165) is 50.1 Å². The van der Waals surface area contributed by atoms with Crippen LogP contribution >= 0.6 is 0 Å². The maximum Gasteiger partial charge on any atom is 0.234 e. The Bertz CT molecular complexity index is 704. The molecule has 1 aromatic rings. The van der Waals surface area contributed by atoms with Crippen molar-refractivity contribution >= 4 is 5.91 Å². The van der Waals surface area contributed by atoms with Crippen LogP contribution in [-0.2, 0) is 11.3 Å². The first-order chi connectivity index (χ1) is 14.1. The maximum absolute atomic E-state index is 11.5. The summed E-state index contributed by atoms with van der Waals surface area (Å²) in [5.41, 5.74) is 1.07. The number of carbonyl (C=O) groups is 1. The molecule has 1 amide bonds. The summed E-state index contributed by atoms with van der Waals surface area (Å²) >= 11 is 0. The molecule has 3 N–H and O–H groups in total. The SMILES string of the molecule is COc1cc(CN2CCNC(=O)C2)ccc1OCC(O)CN1C[C@H]2CNC[C@H]2C1. The Morgan fingerprint density at radius 2 is 2.00 bits per heavy atom. The predicted molar refractivity (Wildman–Crippen MR) is 109 cm³/mol. The van der Waals surface area contributed by atoms with E-state index in [2.05, 4.69) is 20.4 Å². The second-order valence-corrected chi connectivity index (χ2v) is 8.41. The van der Waals surface area contributed by atoms with Gasteiger partial charge < -0.3 is 25.2 Å². The number of β-amino-alcohol motifs (C(OH)–C–C–N with tert-alkyl or cyclic N) is 1. The molecule has 0 spiro atoms. The summed E-state index contributed by atoms with van der Waals surface area (Å²) in [4.78, 5) is 16.0. The monoisotopic (exact) mass is 404 g/mol. The molecule has 0 aliphatic carbocycles. The number of likely N-dealkylation sites (tertiary alicyclic amines) is 1. The summed E-state index contributed by atoms with van der Waals surface area (Å²) in [6.07, 6.45) is -0.530. The van der Waals surface area contributed by atoms with Crippen LogP contribution in [0.4, 0.5) is 0 Å². The highest BCUT2D eigenvalue weighted by Crippen LogP contribution is 2.29. The van der Waals surface area contributed by atoms with Crippen molar-refractivity contribution in [1.29, 1.82) is 0 Å². The standard InChI is InChI=1S/C21H32N4O4/c1-28-20-6-15(9-24-5-4-23-21(27)13-24)2-3-19(20)29-14-18(26)12-25-10-16-7-22-8-17(16)11-25/h2-3,6,16-18,22,26H,4-5,7-14H2,1H3,(H,23,27)/t16-,17+,18?. The fraction of sp³-hybridized carbons (Fsp3) is 0.667. The topological polar surface area (TPSA) is 86.3 Å². The van der Waals surface area contributed by atoms with Crippen LogP contribution in [0.15, 0.2) is 18.2 Å². The van der Waals surface area contributed by atoms with Crippen molar-refractivity contribution in [2.45, 2.75) is 12.6 Å². The van der Waals surface area contributed by atoms with Crippen molar-refractivity contribution in [3.8, 4) is 11.5 Å². The van der Waals surface area contributed by atoms with Gasteiger partial charge in [0.2, 0.25) is 5.91 Å². The number of aliphatic hydroxyl groups excluding tert-OH is 1. The van der Waals surface area contributed by atoms with Crippen LogP contribution in [-0.4, -0.2) is 93.0 Å². The lowest BCUT2D eigenvalue weighted by molar-refractivity contribution is -0.124. The van der Waals surface area contributed by atoms with Crippen LogP contribution in [0.2, 0.25) is 0 Å². The normalized spacial score (nSPS) is 26.2. The fourth-order valence-electron chi connectivity index (χ4n) is 4.65. The van der Waals surface area contributed by atoms with Crippen LogP contribution in [0.25, 0.3) is 0 Å². The first kappa shape index (κ1) is 20.4. The molecule has 3 aliphatic rings. The number of carbonyl (C=O) groups excluding carboxylic acids is 1. The third-order valence-corrected chi connectivity index (χ3v) is 6.12. The van der Waals surface area contributed by atoms with E-state index >= 15 is 0 Å². The molecular weight excluding hydrogens is 372 g/mol. The molecule has 1 unspecified atom stereocenters. The van der Waals surface area contributed by atoms with E-state index in [-0.39, 0.29) is 12.5 Å². The van der Waals surface area contributed by atoms with Crippen molar-refractivity contribution in [3.05, 3.63) is 23.8 Å². The zero-order valence-electron chi connectivity index (χ0n) is 17.1. The highest BCUT2D eigenvalue weighted by atomic mass is 16.5. The number of fused-ring (bicyclic) bond motifs is 1. The molecule has 29 heavy (non-hydrogen) atoms. The van der Waals surface area contributed by atoms with Gasteiger partial charge in [0.1, 0.15) is 12.7 Å². The predicted octanol–water partition coefficient (Wildman–Crippen LogP) is -0.482. The molecule has 3 aliphatic heterocycles. The maximum atomic E-state index is 11.5. The Morgan fingerprint density at radius 3 is 2.72 bits per heavy atom. The lowest BCUT2D eigenvalue weighted by Gasteiger charge is -2.26. The lowest BCUT2D eigenvalue weighted by atomic mass is 10.0. The largest absolute Gasteiger partial charge is 0.493 e. The quantitative estimate of drug-likeness (QED) is 0.539. The Kier molecular flexibility index (Phi) is 6.54. The minimum atomic E-state index is -0.530. The number of benzene rings is 1. The molecule has 3 heterocycles. The molecule has 8 nitrogen and oxygen atoms in total. The minimum absolute atomic E-state index is 0.0649. The van der Waals surface area contributed by atoms with Gasteiger partial charge in [0, 0.05) is 39.3 Å². The highest BCUT2D eigenvalue weighted by Gasteiger charge is 2.36. The molecule has 0 radical (unpaired) electrons. The summed E-state index contributed by atoms with van der Waals surface area (Å²) in [5.74, 6) is 2.80. The number of hydrogen-bond donors (Lipinski definition) is 3. The third kappa shape index (κ3) is 5.19. The Hall–Kier alpha value is -1.87. The first-order valence-electron chi connectivity index (χ1n) is 10.5. The van der Waals surface area contributed by atoms with E-state index in [1.54, 1.807) is 7.11 Å².